The number of imide groups is 1. The lowest BCUT2D eigenvalue weighted by molar-refractivity contribution is -0.140. The molecule has 0 N–H and O–H groups in total. The molecule has 3 rings (SSSR count). The van der Waals surface area contributed by atoms with E-state index in [-0.39, 0.29) is 40.8 Å². The molecule has 1 aliphatic carbocycles. The van der Waals surface area contributed by atoms with Gasteiger partial charge in [-0.3, -0.25) is 14.5 Å². The highest BCUT2D eigenvalue weighted by atomic mass is 35.7. The zero-order valence-corrected chi connectivity index (χ0v) is 14.8. The van der Waals surface area contributed by atoms with Crippen molar-refractivity contribution in [2.75, 3.05) is 7.11 Å². The first-order chi connectivity index (χ1) is 11.3. The lowest BCUT2D eigenvalue weighted by Crippen LogP contribution is -2.30. The number of amides is 2. The maximum absolute atomic E-state index is 12.5. The van der Waals surface area contributed by atoms with E-state index < -0.39 is 9.05 Å². The molecule has 8 heteroatoms. The molecule has 1 heterocycles. The van der Waals surface area contributed by atoms with Crippen molar-refractivity contribution in [2.24, 2.45) is 11.8 Å². The summed E-state index contributed by atoms with van der Waals surface area (Å²) in [7, 11) is 2.79. The van der Waals surface area contributed by atoms with Gasteiger partial charge >= 0.3 is 0 Å². The topological polar surface area (TPSA) is 80.8 Å². The van der Waals surface area contributed by atoms with Gasteiger partial charge < -0.3 is 4.74 Å². The molecule has 1 saturated carbocycles. The predicted octanol–water partition coefficient (Wildman–Crippen LogP) is 2.30. The number of halogens is 1. The van der Waals surface area contributed by atoms with Crippen LogP contribution in [0.1, 0.15) is 31.2 Å². The molecule has 130 valence electrons. The molecule has 0 spiro atoms. The molecule has 0 bridgehead atoms. The van der Waals surface area contributed by atoms with Crippen molar-refractivity contribution in [2.45, 2.75) is 37.1 Å². The molecule has 0 unspecified atom stereocenters. The minimum absolute atomic E-state index is 0.0497. The molecule has 0 radical (unpaired) electrons. The summed E-state index contributed by atoms with van der Waals surface area (Å²) in [5.74, 6) is -0.630. The fourth-order valence-corrected chi connectivity index (χ4v) is 4.62. The van der Waals surface area contributed by atoms with E-state index in [2.05, 4.69) is 0 Å². The lowest BCUT2D eigenvalue weighted by Gasteiger charge is -2.19. The SMILES string of the molecule is COc1ccc(CN2C(=O)[C@@H]3CCCC[C@H]3C2=O)cc1S(=O)(=O)Cl. The number of likely N-dealkylation sites (tertiary alicyclic amines) is 1. The van der Waals surface area contributed by atoms with Gasteiger partial charge in [-0.05, 0) is 30.5 Å². The molecule has 2 aliphatic rings. The van der Waals surface area contributed by atoms with Crippen LogP contribution in [0.4, 0.5) is 0 Å². The van der Waals surface area contributed by atoms with Crippen LogP contribution in [-0.4, -0.2) is 32.2 Å². The third-order valence-electron chi connectivity index (χ3n) is 4.76. The van der Waals surface area contributed by atoms with Gasteiger partial charge in [0.05, 0.1) is 25.5 Å². The Morgan fingerprint density at radius 1 is 1.17 bits per heavy atom. The minimum atomic E-state index is -3.99. The number of hydrogen-bond donors (Lipinski definition) is 0. The largest absolute Gasteiger partial charge is 0.495 e. The Labute approximate surface area is 145 Å². The summed E-state index contributed by atoms with van der Waals surface area (Å²) in [6, 6.07) is 4.46. The van der Waals surface area contributed by atoms with E-state index in [1.807, 2.05) is 0 Å². The Kier molecular flexibility index (Phi) is 4.57. The van der Waals surface area contributed by atoms with E-state index >= 15 is 0 Å². The third-order valence-corrected chi connectivity index (χ3v) is 6.11. The Balaban J connectivity index is 1.89. The number of methoxy groups -OCH3 is 1. The van der Waals surface area contributed by atoms with Crippen molar-refractivity contribution >= 4 is 31.5 Å². The van der Waals surface area contributed by atoms with E-state index in [0.717, 1.165) is 25.7 Å². The molecule has 2 fully saturated rings. The van der Waals surface area contributed by atoms with Crippen molar-refractivity contribution < 1.29 is 22.7 Å². The Morgan fingerprint density at radius 2 is 1.75 bits per heavy atom. The highest BCUT2D eigenvalue weighted by molar-refractivity contribution is 8.13. The average molecular weight is 372 g/mol. The van der Waals surface area contributed by atoms with Crippen LogP contribution < -0.4 is 4.74 Å². The van der Waals surface area contributed by atoms with E-state index in [1.54, 1.807) is 6.07 Å². The highest BCUT2D eigenvalue weighted by Gasteiger charge is 2.47. The molecule has 1 saturated heterocycles. The number of rotatable bonds is 4. The van der Waals surface area contributed by atoms with Crippen LogP contribution in [0.2, 0.25) is 0 Å². The number of nitrogens with zero attached hydrogens (tertiary/aromatic N) is 1. The predicted molar refractivity (Wildman–Crippen MR) is 87.0 cm³/mol. The number of hydrogen-bond acceptors (Lipinski definition) is 5. The molecular weight excluding hydrogens is 354 g/mol. The zero-order valence-electron chi connectivity index (χ0n) is 13.2. The van der Waals surface area contributed by atoms with Crippen molar-refractivity contribution in [1.29, 1.82) is 0 Å². The van der Waals surface area contributed by atoms with E-state index in [0.29, 0.717) is 5.56 Å². The number of benzene rings is 1. The molecule has 6 nitrogen and oxygen atoms in total. The van der Waals surface area contributed by atoms with Gasteiger partial charge in [-0.2, -0.15) is 0 Å². The maximum atomic E-state index is 12.5. The van der Waals surface area contributed by atoms with Gasteiger partial charge in [-0.1, -0.05) is 18.9 Å². The summed E-state index contributed by atoms with van der Waals surface area (Å²) >= 11 is 0. The van der Waals surface area contributed by atoms with Crippen molar-refractivity contribution in [3.05, 3.63) is 23.8 Å². The summed E-state index contributed by atoms with van der Waals surface area (Å²) in [6.07, 6.45) is 3.42. The number of carbonyl (C=O) groups is 2. The second kappa shape index (κ2) is 6.37. The van der Waals surface area contributed by atoms with Gasteiger partial charge in [0.15, 0.2) is 0 Å². The van der Waals surface area contributed by atoms with Crippen LogP contribution in [0, 0.1) is 11.8 Å². The van der Waals surface area contributed by atoms with E-state index in [9.17, 15) is 18.0 Å². The standard InChI is InChI=1S/C16H18ClNO5S/c1-23-13-7-6-10(8-14(13)24(17,21)22)9-18-15(19)11-4-2-3-5-12(11)16(18)20/h6-8,11-12H,2-5,9H2,1H3/t11-,12-/m1/s1. The summed E-state index contributed by atoms with van der Waals surface area (Å²) in [5, 5.41) is 0. The fourth-order valence-electron chi connectivity index (χ4n) is 3.58. The second-order valence-electron chi connectivity index (χ2n) is 6.18. The fraction of sp³-hybridized carbons (Fsp3) is 0.500. The Morgan fingerprint density at radius 3 is 2.25 bits per heavy atom. The van der Waals surface area contributed by atoms with Crippen LogP contribution in [0.15, 0.2) is 23.1 Å². The van der Waals surface area contributed by atoms with Crippen LogP contribution in [-0.2, 0) is 25.2 Å². The first-order valence-corrected chi connectivity index (χ1v) is 10.1. The van der Waals surface area contributed by atoms with Crippen molar-refractivity contribution in [1.82, 2.24) is 4.90 Å². The minimum Gasteiger partial charge on any atom is -0.495 e. The number of ether oxygens (including phenoxy) is 1. The molecular formula is C16H18ClNO5S. The summed E-state index contributed by atoms with van der Waals surface area (Å²) in [4.78, 5) is 26.1. The van der Waals surface area contributed by atoms with Crippen LogP contribution in [0.5, 0.6) is 5.75 Å². The first kappa shape index (κ1) is 17.2. The van der Waals surface area contributed by atoms with E-state index in [1.165, 1.54) is 24.1 Å². The normalized spacial score (nSPS) is 24.2. The molecule has 0 aromatic heterocycles. The summed E-state index contributed by atoms with van der Waals surface area (Å²) < 4.78 is 28.4. The molecule has 24 heavy (non-hydrogen) atoms. The van der Waals surface area contributed by atoms with Crippen LogP contribution in [0.3, 0.4) is 0 Å². The zero-order chi connectivity index (χ0) is 17.5. The summed E-state index contributed by atoms with van der Waals surface area (Å²) in [6.45, 7) is 0.0497. The number of carbonyl (C=O) groups excluding carboxylic acids is 2. The quantitative estimate of drug-likeness (QED) is 0.599. The van der Waals surface area contributed by atoms with Gasteiger partial charge in [0.1, 0.15) is 10.6 Å². The maximum Gasteiger partial charge on any atom is 0.264 e. The molecule has 1 aromatic carbocycles. The first-order valence-electron chi connectivity index (χ1n) is 7.79. The lowest BCUT2D eigenvalue weighted by atomic mass is 9.81. The third kappa shape index (κ3) is 3.02. The smallest absolute Gasteiger partial charge is 0.264 e. The van der Waals surface area contributed by atoms with Crippen molar-refractivity contribution in [3.8, 4) is 5.75 Å². The van der Waals surface area contributed by atoms with Gasteiger partial charge in [-0.15, -0.1) is 0 Å². The van der Waals surface area contributed by atoms with E-state index in [4.69, 9.17) is 15.4 Å². The molecule has 2 atom stereocenters. The summed E-state index contributed by atoms with van der Waals surface area (Å²) in [5.41, 5.74) is 0.523. The second-order valence-corrected chi connectivity index (χ2v) is 8.72. The van der Waals surface area contributed by atoms with Crippen LogP contribution in [0.25, 0.3) is 0 Å². The van der Waals surface area contributed by atoms with Gasteiger partial charge in [0.2, 0.25) is 11.8 Å². The average Bonchev–Trinajstić information content (AvgIpc) is 2.79. The molecule has 1 aliphatic heterocycles. The molecule has 2 amide bonds. The monoisotopic (exact) mass is 371 g/mol. The van der Waals surface area contributed by atoms with Gasteiger partial charge in [-0.25, -0.2) is 8.42 Å². The Bertz CT molecular complexity index is 768. The van der Waals surface area contributed by atoms with Gasteiger partial charge in [0.25, 0.3) is 9.05 Å². The van der Waals surface area contributed by atoms with Crippen LogP contribution >= 0.6 is 10.7 Å². The van der Waals surface area contributed by atoms with Crippen molar-refractivity contribution in [3.63, 3.8) is 0 Å². The molecule has 1 aromatic rings. The van der Waals surface area contributed by atoms with Gasteiger partial charge in [0, 0.05) is 10.7 Å². The number of fused-ring (bicyclic) bond motifs is 1. The highest BCUT2D eigenvalue weighted by Crippen LogP contribution is 2.39. The Hall–Kier alpha value is -1.60.